The predicted molar refractivity (Wildman–Crippen MR) is 74.9 cm³/mol. The first kappa shape index (κ1) is 17.1. The van der Waals surface area contributed by atoms with Gasteiger partial charge in [0.15, 0.2) is 5.82 Å². The van der Waals surface area contributed by atoms with Crippen LogP contribution in [0.25, 0.3) is 0 Å². The highest BCUT2D eigenvalue weighted by Crippen LogP contribution is 2.28. The molecule has 1 unspecified atom stereocenters. The number of hydrogen-bond acceptors (Lipinski definition) is 3. The Balaban J connectivity index is 2.54. The lowest BCUT2D eigenvalue weighted by Crippen LogP contribution is -2.02. The zero-order chi connectivity index (χ0) is 14.8. The van der Waals surface area contributed by atoms with Crippen LogP contribution in [0.4, 0.5) is 8.78 Å². The maximum atomic E-state index is 12.5. The smallest absolute Gasteiger partial charge is 0.315 e. The lowest BCUT2D eigenvalue weighted by molar-refractivity contribution is 0.106. The molecule has 0 aliphatic heterocycles. The van der Waals surface area contributed by atoms with Crippen molar-refractivity contribution in [1.82, 2.24) is 10.1 Å². The Morgan fingerprint density at radius 2 is 1.55 bits per heavy atom. The molecule has 3 nitrogen and oxygen atoms in total. The van der Waals surface area contributed by atoms with Gasteiger partial charge in [-0.1, -0.05) is 63.9 Å². The molecule has 116 valence electrons. The van der Waals surface area contributed by atoms with Crippen LogP contribution in [0, 0.1) is 0 Å². The minimum Gasteiger partial charge on any atom is -0.333 e. The molecule has 0 aliphatic carbocycles. The normalized spacial score (nSPS) is 13.1. The maximum absolute atomic E-state index is 12.5. The summed E-state index contributed by atoms with van der Waals surface area (Å²) in [7, 11) is 0. The maximum Gasteiger partial charge on any atom is 0.315 e. The third kappa shape index (κ3) is 5.97. The molecule has 0 saturated carbocycles. The van der Waals surface area contributed by atoms with Crippen molar-refractivity contribution in [2.75, 3.05) is 0 Å². The molecule has 1 rings (SSSR count). The van der Waals surface area contributed by atoms with Gasteiger partial charge in [-0.25, -0.2) is 0 Å². The van der Waals surface area contributed by atoms with Crippen LogP contribution in [-0.2, 0) is 0 Å². The lowest BCUT2D eigenvalue weighted by atomic mass is 9.94. The van der Waals surface area contributed by atoms with E-state index in [0.717, 1.165) is 38.5 Å². The van der Waals surface area contributed by atoms with Crippen molar-refractivity contribution in [1.29, 1.82) is 0 Å². The highest BCUT2D eigenvalue weighted by atomic mass is 19.3. The van der Waals surface area contributed by atoms with E-state index in [2.05, 4.69) is 28.5 Å². The van der Waals surface area contributed by atoms with Gasteiger partial charge in [-0.15, -0.1) is 0 Å². The molecular weight excluding hydrogens is 262 g/mol. The van der Waals surface area contributed by atoms with Crippen molar-refractivity contribution in [2.24, 2.45) is 0 Å². The Morgan fingerprint density at radius 1 is 0.950 bits per heavy atom. The largest absolute Gasteiger partial charge is 0.333 e. The molecule has 5 heteroatoms. The molecule has 0 N–H and O–H groups in total. The van der Waals surface area contributed by atoms with E-state index >= 15 is 0 Å². The van der Waals surface area contributed by atoms with E-state index in [9.17, 15) is 8.78 Å². The van der Waals surface area contributed by atoms with Crippen LogP contribution in [0.1, 0.15) is 95.7 Å². The summed E-state index contributed by atoms with van der Waals surface area (Å²) in [5.74, 6) is 0.0802. The summed E-state index contributed by atoms with van der Waals surface area (Å²) in [4.78, 5) is 3.86. The number of unbranched alkanes of at least 4 members (excludes halogenated alkanes) is 5. The fourth-order valence-corrected chi connectivity index (χ4v) is 2.36. The number of halogens is 2. The third-order valence-electron chi connectivity index (χ3n) is 3.57. The van der Waals surface area contributed by atoms with E-state index < -0.39 is 12.3 Å². The summed E-state index contributed by atoms with van der Waals surface area (Å²) in [5.41, 5.74) is 0. The van der Waals surface area contributed by atoms with Gasteiger partial charge in [0.05, 0.1) is 0 Å². The first-order valence-electron chi connectivity index (χ1n) is 7.80. The van der Waals surface area contributed by atoms with Crippen LogP contribution < -0.4 is 0 Å². The Labute approximate surface area is 120 Å². The van der Waals surface area contributed by atoms with Gasteiger partial charge in [-0.05, 0) is 12.8 Å². The summed E-state index contributed by atoms with van der Waals surface area (Å²) in [6.07, 6.45) is 7.34. The Bertz CT molecular complexity index is 355. The van der Waals surface area contributed by atoms with E-state index in [1.807, 2.05) is 0 Å². The Morgan fingerprint density at radius 3 is 2.10 bits per heavy atom. The molecule has 20 heavy (non-hydrogen) atoms. The van der Waals surface area contributed by atoms with E-state index in [-0.39, 0.29) is 5.92 Å². The monoisotopic (exact) mass is 288 g/mol. The molecule has 0 aromatic carbocycles. The first-order valence-corrected chi connectivity index (χ1v) is 7.80. The summed E-state index contributed by atoms with van der Waals surface area (Å²) >= 11 is 0. The molecule has 0 bridgehead atoms. The van der Waals surface area contributed by atoms with Gasteiger partial charge in [0.25, 0.3) is 5.89 Å². The van der Waals surface area contributed by atoms with Gasteiger partial charge < -0.3 is 4.52 Å². The van der Waals surface area contributed by atoms with Gasteiger partial charge in [-0.2, -0.15) is 13.8 Å². The second-order valence-corrected chi connectivity index (χ2v) is 5.33. The second kappa shape index (κ2) is 9.83. The van der Waals surface area contributed by atoms with E-state index in [1.165, 1.54) is 19.3 Å². The van der Waals surface area contributed by atoms with Crippen LogP contribution in [0.3, 0.4) is 0 Å². The van der Waals surface area contributed by atoms with E-state index in [0.29, 0.717) is 5.82 Å². The van der Waals surface area contributed by atoms with Crippen molar-refractivity contribution in [3.8, 4) is 0 Å². The van der Waals surface area contributed by atoms with E-state index in [1.54, 1.807) is 0 Å². The van der Waals surface area contributed by atoms with Gasteiger partial charge in [0.1, 0.15) is 0 Å². The highest BCUT2D eigenvalue weighted by molar-refractivity contribution is 4.96. The fraction of sp³-hybridized carbons (Fsp3) is 0.867. The van der Waals surface area contributed by atoms with Gasteiger partial charge in [0, 0.05) is 5.92 Å². The average molecular weight is 288 g/mol. The quantitative estimate of drug-likeness (QED) is 0.494. The molecule has 0 amide bonds. The summed E-state index contributed by atoms with van der Waals surface area (Å²) in [5, 5.41) is 3.75. The topological polar surface area (TPSA) is 38.9 Å². The lowest BCUT2D eigenvalue weighted by Gasteiger charge is -2.12. The molecule has 0 saturated heterocycles. The van der Waals surface area contributed by atoms with Crippen molar-refractivity contribution in [3.63, 3.8) is 0 Å². The number of alkyl halides is 2. The molecule has 0 aliphatic rings. The van der Waals surface area contributed by atoms with Crippen molar-refractivity contribution < 1.29 is 13.3 Å². The summed E-state index contributed by atoms with van der Waals surface area (Å²) in [6.45, 7) is 4.33. The molecule has 0 radical (unpaired) electrons. The van der Waals surface area contributed by atoms with Crippen molar-refractivity contribution in [2.45, 2.75) is 84.0 Å². The number of rotatable bonds is 11. The van der Waals surface area contributed by atoms with E-state index in [4.69, 9.17) is 0 Å². The van der Waals surface area contributed by atoms with Crippen LogP contribution in [0.2, 0.25) is 0 Å². The molecule has 1 atom stereocenters. The average Bonchev–Trinajstić information content (AvgIpc) is 2.91. The Kier molecular flexibility index (Phi) is 8.38. The summed E-state index contributed by atoms with van der Waals surface area (Å²) in [6, 6.07) is 0. The second-order valence-electron chi connectivity index (χ2n) is 5.33. The molecule has 0 fully saturated rings. The molecule has 1 aromatic rings. The first-order chi connectivity index (χ1) is 9.69. The number of hydrogen-bond donors (Lipinski definition) is 0. The molecule has 1 heterocycles. The highest BCUT2D eigenvalue weighted by Gasteiger charge is 2.21. The van der Waals surface area contributed by atoms with Crippen LogP contribution in [-0.4, -0.2) is 10.1 Å². The minimum absolute atomic E-state index is 0.162. The van der Waals surface area contributed by atoms with Crippen LogP contribution >= 0.6 is 0 Å². The van der Waals surface area contributed by atoms with Crippen LogP contribution in [0.5, 0.6) is 0 Å². The predicted octanol–water partition coefficient (Wildman–Crippen LogP) is 5.64. The van der Waals surface area contributed by atoms with Crippen molar-refractivity contribution >= 4 is 0 Å². The zero-order valence-corrected chi connectivity index (χ0v) is 12.6. The molecular formula is C15H26F2N2O. The van der Waals surface area contributed by atoms with Gasteiger partial charge >= 0.3 is 6.43 Å². The van der Waals surface area contributed by atoms with Crippen molar-refractivity contribution in [3.05, 3.63) is 11.7 Å². The standard InChI is InChI=1S/C15H26F2N2O/c1-3-5-7-9-11-12(10-8-6-4-2)14-18-15(13(16)17)20-19-14/h12-13H,3-11H2,1-2H3. The fourth-order valence-electron chi connectivity index (χ4n) is 2.36. The molecule has 1 aromatic heterocycles. The number of nitrogens with zero attached hydrogens (tertiary/aromatic N) is 2. The minimum atomic E-state index is -2.67. The van der Waals surface area contributed by atoms with Crippen LogP contribution in [0.15, 0.2) is 4.52 Å². The summed E-state index contributed by atoms with van der Waals surface area (Å²) < 4.78 is 29.6. The number of aromatic nitrogens is 2. The third-order valence-corrected chi connectivity index (χ3v) is 3.57. The van der Waals surface area contributed by atoms with Gasteiger partial charge in [-0.3, -0.25) is 0 Å². The SMILES string of the molecule is CCCCCCC(CCCCC)c1noc(C(F)F)n1. The zero-order valence-electron chi connectivity index (χ0n) is 12.6. The Hall–Kier alpha value is -1.00. The van der Waals surface area contributed by atoms with Gasteiger partial charge in [0.2, 0.25) is 0 Å². The molecule has 0 spiro atoms.